The molecule has 0 aliphatic heterocycles. The van der Waals surface area contributed by atoms with E-state index >= 15 is 0 Å². The van der Waals surface area contributed by atoms with Crippen LogP contribution in [0.5, 0.6) is 0 Å². The second-order valence-corrected chi connectivity index (χ2v) is 15.3. The molecule has 2 N–H and O–H groups in total. The number of hydrogen-bond acceptors (Lipinski definition) is 4. The third-order valence-electron chi connectivity index (χ3n) is 10.1. The van der Waals surface area contributed by atoms with Gasteiger partial charge in [0.05, 0.1) is 6.61 Å². The van der Waals surface area contributed by atoms with Gasteiger partial charge in [-0.05, 0) is 6.42 Å². The summed E-state index contributed by atoms with van der Waals surface area (Å²) in [6.45, 7) is 6.40. The van der Waals surface area contributed by atoms with Crippen molar-refractivity contribution in [2.75, 3.05) is 13.2 Å². The summed E-state index contributed by atoms with van der Waals surface area (Å²) in [6.07, 6.45) is 51.3. The first-order chi connectivity index (χ1) is 24.1. The fraction of sp³-hybridized carbons (Fsp3) is 0.978. The molecule has 4 heteroatoms. The molecule has 296 valence electrons. The minimum atomic E-state index is -0.955. The molecular formula is C45H92O4. The lowest BCUT2D eigenvalue weighted by Crippen LogP contribution is -2.21. The van der Waals surface area contributed by atoms with Crippen molar-refractivity contribution in [3.05, 3.63) is 0 Å². The van der Waals surface area contributed by atoms with E-state index in [1.54, 1.807) is 0 Å². The Kier molecular flexibility index (Phi) is 48.8. The van der Waals surface area contributed by atoms with Crippen LogP contribution < -0.4 is 0 Å². The summed E-state index contributed by atoms with van der Waals surface area (Å²) in [5.41, 5.74) is 0. The van der Waals surface area contributed by atoms with E-state index < -0.39 is 6.10 Å². The van der Waals surface area contributed by atoms with Crippen molar-refractivity contribution in [3.63, 3.8) is 0 Å². The summed E-state index contributed by atoms with van der Waals surface area (Å²) in [6, 6.07) is 0. The summed E-state index contributed by atoms with van der Waals surface area (Å²) in [7, 11) is 0. The number of carbonyl (C=O) groups excluding carboxylic acids is 1. The highest BCUT2D eigenvalue weighted by Gasteiger charge is 2.07. The van der Waals surface area contributed by atoms with Crippen LogP contribution in [0.4, 0.5) is 0 Å². The Morgan fingerprint density at radius 3 is 0.796 bits per heavy atom. The number of aliphatic hydroxyl groups is 2. The Balaban J connectivity index is 0. The van der Waals surface area contributed by atoms with Crippen LogP contribution in [-0.4, -0.2) is 35.5 Å². The monoisotopic (exact) mass is 697 g/mol. The molecule has 1 unspecified atom stereocenters. The molecule has 0 bridgehead atoms. The Morgan fingerprint density at radius 1 is 0.388 bits per heavy atom. The van der Waals surface area contributed by atoms with Crippen molar-refractivity contribution in [3.8, 4) is 0 Å². The number of carbonyl (C=O) groups is 1. The van der Waals surface area contributed by atoms with E-state index in [9.17, 15) is 4.79 Å². The molecule has 0 saturated heterocycles. The van der Waals surface area contributed by atoms with Crippen molar-refractivity contribution < 1.29 is 19.7 Å². The molecule has 1 atom stereocenters. The fourth-order valence-electron chi connectivity index (χ4n) is 6.64. The zero-order valence-corrected chi connectivity index (χ0v) is 34.1. The van der Waals surface area contributed by atoms with Crippen LogP contribution in [0, 0.1) is 0 Å². The largest absolute Gasteiger partial charge is 0.463 e. The summed E-state index contributed by atoms with van der Waals surface area (Å²) >= 11 is 0. The quantitative estimate of drug-likeness (QED) is 0.0494. The van der Waals surface area contributed by atoms with E-state index in [4.69, 9.17) is 14.9 Å². The molecule has 0 aliphatic rings. The first-order valence-electron chi connectivity index (χ1n) is 22.6. The van der Waals surface area contributed by atoms with Crippen LogP contribution >= 0.6 is 0 Å². The molecular weight excluding hydrogens is 604 g/mol. The number of ether oxygens (including phenoxy) is 1. The summed E-state index contributed by atoms with van der Waals surface area (Å²) < 4.78 is 4.88. The molecule has 0 spiro atoms. The maximum absolute atomic E-state index is 11.4. The number of hydrogen-bond donors (Lipinski definition) is 2. The van der Waals surface area contributed by atoms with Gasteiger partial charge in [-0.2, -0.15) is 0 Å². The number of rotatable bonds is 40. The second kappa shape index (κ2) is 47.4. The first-order valence-corrected chi connectivity index (χ1v) is 22.6. The molecule has 0 aliphatic carbocycles. The first kappa shape index (κ1) is 50.5. The zero-order valence-electron chi connectivity index (χ0n) is 34.1. The molecule has 0 aromatic rings. The predicted molar refractivity (Wildman–Crippen MR) is 217 cm³/mol. The van der Waals surface area contributed by atoms with Gasteiger partial charge in [0.15, 0.2) is 0 Å². The van der Waals surface area contributed by atoms with Gasteiger partial charge in [-0.3, -0.25) is 4.79 Å². The Hall–Kier alpha value is -0.610. The van der Waals surface area contributed by atoms with Gasteiger partial charge in [0.2, 0.25) is 0 Å². The van der Waals surface area contributed by atoms with Gasteiger partial charge in [0.1, 0.15) is 12.7 Å². The smallest absolute Gasteiger partial charge is 0.305 e. The van der Waals surface area contributed by atoms with Crippen LogP contribution in [0.1, 0.15) is 265 Å². The highest BCUT2D eigenvalue weighted by atomic mass is 16.5. The molecule has 0 rings (SSSR count). The third kappa shape index (κ3) is 49.5. The lowest BCUT2D eigenvalue weighted by Gasteiger charge is -2.08. The van der Waals surface area contributed by atoms with Crippen molar-refractivity contribution in [2.24, 2.45) is 0 Å². The normalized spacial score (nSPS) is 11.8. The predicted octanol–water partition coefficient (Wildman–Crippen LogP) is 14.8. The van der Waals surface area contributed by atoms with Crippen LogP contribution in [-0.2, 0) is 9.53 Å². The Morgan fingerprint density at radius 2 is 0.592 bits per heavy atom. The van der Waals surface area contributed by atoms with E-state index in [0.29, 0.717) is 6.42 Å². The van der Waals surface area contributed by atoms with Crippen molar-refractivity contribution in [1.82, 2.24) is 0 Å². The third-order valence-corrected chi connectivity index (χ3v) is 10.1. The Labute approximate surface area is 309 Å². The van der Waals surface area contributed by atoms with E-state index in [1.807, 2.05) is 0 Å². The highest BCUT2D eigenvalue weighted by Crippen LogP contribution is 2.16. The van der Waals surface area contributed by atoms with Gasteiger partial charge in [0.25, 0.3) is 0 Å². The lowest BCUT2D eigenvalue weighted by atomic mass is 10.0. The molecule has 4 nitrogen and oxygen atoms in total. The van der Waals surface area contributed by atoms with Crippen LogP contribution in [0.3, 0.4) is 0 Å². The summed E-state index contributed by atoms with van der Waals surface area (Å²) in [4.78, 5) is 11.4. The average Bonchev–Trinajstić information content (AvgIpc) is 3.11. The summed E-state index contributed by atoms with van der Waals surface area (Å²) in [5.74, 6) is -0.274. The minimum absolute atomic E-state index is 0.103. The van der Waals surface area contributed by atoms with E-state index in [2.05, 4.69) is 20.8 Å². The van der Waals surface area contributed by atoms with Gasteiger partial charge in [0, 0.05) is 6.42 Å². The van der Waals surface area contributed by atoms with E-state index in [0.717, 1.165) is 12.8 Å². The Bertz CT molecular complexity index is 562. The number of aliphatic hydroxyl groups excluding tert-OH is 2. The van der Waals surface area contributed by atoms with Crippen LogP contribution in [0.15, 0.2) is 0 Å². The molecule has 0 aromatic heterocycles. The second-order valence-electron chi connectivity index (χ2n) is 15.3. The molecule has 0 aromatic carbocycles. The highest BCUT2D eigenvalue weighted by molar-refractivity contribution is 5.69. The van der Waals surface area contributed by atoms with Crippen molar-refractivity contribution in [1.29, 1.82) is 0 Å². The van der Waals surface area contributed by atoms with E-state index in [1.165, 1.54) is 225 Å². The standard InChI is InChI=1S/C25H50O4.C20H42/c1-2-3-4-5-6-7-8-9-10-11-12-13-14-15-16-17-18-19-20-21-25(28)29-23-24(27)22-26;1-3-5-7-9-11-13-15-17-19-20-18-16-14-12-10-8-6-4-2/h24,26-27H,2-23H2,1H3;3-20H2,1-2H3. The molecule has 0 radical (unpaired) electrons. The lowest BCUT2D eigenvalue weighted by molar-refractivity contribution is -0.147. The van der Waals surface area contributed by atoms with Gasteiger partial charge in [-0.25, -0.2) is 0 Å². The average molecular weight is 697 g/mol. The zero-order chi connectivity index (χ0) is 36.1. The van der Waals surface area contributed by atoms with Crippen LogP contribution in [0.25, 0.3) is 0 Å². The summed E-state index contributed by atoms with van der Waals surface area (Å²) in [5, 5.41) is 17.8. The number of unbranched alkanes of at least 4 members (excludes halogenated alkanes) is 35. The van der Waals surface area contributed by atoms with Crippen molar-refractivity contribution in [2.45, 2.75) is 271 Å². The number of esters is 1. The molecule has 0 amide bonds. The van der Waals surface area contributed by atoms with Gasteiger partial charge >= 0.3 is 5.97 Å². The maximum atomic E-state index is 11.4. The minimum Gasteiger partial charge on any atom is -0.463 e. The SMILES string of the molecule is CCCCCCCCCCCCCCCCCCCC.CCCCCCCCCCCCCCCCCCCCCC(=O)OCC(O)CO. The molecule has 0 fully saturated rings. The van der Waals surface area contributed by atoms with Gasteiger partial charge in [-0.15, -0.1) is 0 Å². The fourth-order valence-corrected chi connectivity index (χ4v) is 6.64. The van der Waals surface area contributed by atoms with Crippen molar-refractivity contribution >= 4 is 5.97 Å². The van der Waals surface area contributed by atoms with Gasteiger partial charge in [-0.1, -0.05) is 252 Å². The topological polar surface area (TPSA) is 66.8 Å². The molecule has 0 heterocycles. The molecule has 49 heavy (non-hydrogen) atoms. The van der Waals surface area contributed by atoms with Crippen LogP contribution in [0.2, 0.25) is 0 Å². The van der Waals surface area contributed by atoms with Gasteiger partial charge < -0.3 is 14.9 Å². The maximum Gasteiger partial charge on any atom is 0.305 e. The van der Waals surface area contributed by atoms with E-state index in [-0.39, 0.29) is 19.2 Å². The molecule has 0 saturated carbocycles.